The number of carbonyl (C=O) groups is 1. The second-order valence-electron chi connectivity index (χ2n) is 4.51. The van der Waals surface area contributed by atoms with Crippen LogP contribution in [0.3, 0.4) is 0 Å². The molecular formula is C14H10N2O4S. The number of fused-ring (bicyclic) bond motifs is 1. The molecule has 0 aliphatic heterocycles. The van der Waals surface area contributed by atoms with Crippen molar-refractivity contribution >= 4 is 37.7 Å². The molecule has 3 rings (SSSR count). The highest BCUT2D eigenvalue weighted by atomic mass is 32.2. The number of hydrogen-bond acceptors (Lipinski definition) is 4. The summed E-state index contributed by atoms with van der Waals surface area (Å²) in [5.74, 6) is -0.738. The van der Waals surface area contributed by atoms with Gasteiger partial charge in [0, 0.05) is 12.0 Å². The molecular weight excluding hydrogens is 292 g/mol. The Morgan fingerprint density at radius 1 is 1.24 bits per heavy atom. The van der Waals surface area contributed by atoms with Crippen LogP contribution >= 0.6 is 0 Å². The lowest BCUT2D eigenvalue weighted by atomic mass is 9.97. The van der Waals surface area contributed by atoms with Crippen LogP contribution < -0.4 is 0 Å². The topological polar surface area (TPSA) is 100 Å². The number of carboxylic acid groups (broad SMARTS) is 1. The number of nitrogens with one attached hydrogen (secondary N) is 1. The van der Waals surface area contributed by atoms with E-state index in [0.29, 0.717) is 11.4 Å². The molecule has 1 aromatic carbocycles. The molecule has 1 heterocycles. The quantitative estimate of drug-likeness (QED) is 0.817. The van der Waals surface area contributed by atoms with Gasteiger partial charge in [0.25, 0.3) is 0 Å². The van der Waals surface area contributed by atoms with Gasteiger partial charge in [-0.3, -0.25) is 0 Å². The summed E-state index contributed by atoms with van der Waals surface area (Å²) < 4.78 is 22.0. The van der Waals surface area contributed by atoms with E-state index in [-0.39, 0.29) is 16.9 Å². The van der Waals surface area contributed by atoms with E-state index in [1.165, 1.54) is 12.2 Å². The smallest absolute Gasteiger partial charge is 0.332 e. The molecule has 0 saturated heterocycles. The summed E-state index contributed by atoms with van der Waals surface area (Å²) in [5.41, 5.74) is 1.92. The van der Waals surface area contributed by atoms with E-state index in [2.05, 4.69) is 9.97 Å². The van der Waals surface area contributed by atoms with Crippen molar-refractivity contribution in [3.63, 3.8) is 0 Å². The van der Waals surface area contributed by atoms with Gasteiger partial charge in [0.1, 0.15) is 5.82 Å². The minimum absolute atomic E-state index is 0.00996. The number of H-pyrrole nitrogens is 1. The number of aromatic amines is 1. The van der Waals surface area contributed by atoms with Gasteiger partial charge < -0.3 is 10.1 Å². The number of aromatic nitrogens is 2. The van der Waals surface area contributed by atoms with Crippen molar-refractivity contribution in [1.82, 2.24) is 9.97 Å². The molecule has 1 aromatic heterocycles. The standard InChI is InChI=1S/C14H10N2O4S/c17-14(18)10-7-8(21(19)20)5-6-9(10)13-15-11-3-1-2-4-12(11)16-13/h1-6H,7H2,(H,15,16)(H,17,18). The second-order valence-corrected chi connectivity index (χ2v) is 5.50. The summed E-state index contributed by atoms with van der Waals surface area (Å²) >= 11 is 0. The molecule has 0 atom stereocenters. The Hall–Kier alpha value is -2.67. The number of hydrogen-bond donors (Lipinski definition) is 2. The summed E-state index contributed by atoms with van der Waals surface area (Å²) in [6.07, 6.45) is 2.72. The molecule has 6 nitrogen and oxygen atoms in total. The number of aliphatic carboxylic acids is 1. The van der Waals surface area contributed by atoms with E-state index in [9.17, 15) is 18.3 Å². The van der Waals surface area contributed by atoms with Crippen LogP contribution in [0.1, 0.15) is 12.2 Å². The minimum atomic E-state index is -2.42. The van der Waals surface area contributed by atoms with Gasteiger partial charge in [-0.15, -0.1) is 0 Å². The molecule has 21 heavy (non-hydrogen) atoms. The van der Waals surface area contributed by atoms with Crippen LogP contribution in [0.15, 0.2) is 42.0 Å². The van der Waals surface area contributed by atoms with Crippen LogP contribution in [-0.4, -0.2) is 34.3 Å². The predicted molar refractivity (Wildman–Crippen MR) is 78.3 cm³/mol. The largest absolute Gasteiger partial charge is 0.478 e. The van der Waals surface area contributed by atoms with Gasteiger partial charge in [-0.25, -0.2) is 9.78 Å². The third-order valence-corrected chi connectivity index (χ3v) is 3.94. The molecule has 0 radical (unpaired) electrons. The highest BCUT2D eigenvalue weighted by Crippen LogP contribution is 2.26. The molecule has 0 spiro atoms. The first kappa shape index (κ1) is 13.3. The fourth-order valence-corrected chi connectivity index (χ4v) is 2.65. The van der Waals surface area contributed by atoms with Crippen LogP contribution in [0, 0.1) is 0 Å². The van der Waals surface area contributed by atoms with Gasteiger partial charge in [0.15, 0.2) is 0 Å². The third kappa shape index (κ3) is 2.38. The minimum Gasteiger partial charge on any atom is -0.478 e. The SMILES string of the molecule is O=C(O)C1=C(c2nc3ccccc3[nH]2)C=CC(=S(=O)=O)C1. The van der Waals surface area contributed by atoms with Crippen LogP contribution in [0.2, 0.25) is 0 Å². The molecule has 106 valence electrons. The van der Waals surface area contributed by atoms with E-state index in [4.69, 9.17) is 0 Å². The zero-order valence-electron chi connectivity index (χ0n) is 10.7. The first-order chi connectivity index (χ1) is 10.1. The molecule has 1 aliphatic rings. The van der Waals surface area contributed by atoms with Crippen LogP contribution in [0.4, 0.5) is 0 Å². The molecule has 0 fully saturated rings. The highest BCUT2D eigenvalue weighted by molar-refractivity contribution is 7.73. The van der Waals surface area contributed by atoms with Gasteiger partial charge in [0.2, 0.25) is 10.3 Å². The van der Waals surface area contributed by atoms with Crippen molar-refractivity contribution in [2.75, 3.05) is 0 Å². The van der Waals surface area contributed by atoms with Crippen molar-refractivity contribution in [3.05, 3.63) is 47.8 Å². The zero-order chi connectivity index (χ0) is 15.0. The number of allylic oxidation sites excluding steroid dienone is 3. The van der Waals surface area contributed by atoms with Crippen molar-refractivity contribution in [2.45, 2.75) is 6.42 Å². The molecule has 0 unspecified atom stereocenters. The van der Waals surface area contributed by atoms with Crippen molar-refractivity contribution in [2.24, 2.45) is 0 Å². The monoisotopic (exact) mass is 302 g/mol. The fraction of sp³-hybridized carbons (Fsp3) is 0.0714. The van der Waals surface area contributed by atoms with Crippen molar-refractivity contribution in [1.29, 1.82) is 0 Å². The summed E-state index contributed by atoms with van der Waals surface area (Å²) in [7, 11) is -2.42. The third-order valence-electron chi connectivity index (χ3n) is 3.23. The Morgan fingerprint density at radius 3 is 2.67 bits per heavy atom. The molecule has 7 heteroatoms. The van der Waals surface area contributed by atoms with Crippen LogP contribution in [0.25, 0.3) is 16.6 Å². The maximum atomic E-state index is 11.4. The van der Waals surface area contributed by atoms with E-state index >= 15 is 0 Å². The normalized spacial score (nSPS) is 14.8. The van der Waals surface area contributed by atoms with Crippen molar-refractivity contribution in [3.8, 4) is 0 Å². The lowest BCUT2D eigenvalue weighted by Gasteiger charge is -2.10. The van der Waals surface area contributed by atoms with Crippen molar-refractivity contribution < 1.29 is 18.3 Å². The number of nitrogens with zero attached hydrogens (tertiary/aromatic N) is 1. The fourth-order valence-electron chi connectivity index (χ4n) is 2.21. The number of carboxylic acids is 1. The number of benzene rings is 1. The predicted octanol–water partition coefficient (Wildman–Crippen LogP) is 1.41. The van der Waals surface area contributed by atoms with Gasteiger partial charge in [-0.05, 0) is 24.3 Å². The van der Waals surface area contributed by atoms with Gasteiger partial charge in [0.05, 0.1) is 21.5 Å². The molecule has 0 saturated carbocycles. The van der Waals surface area contributed by atoms with Gasteiger partial charge in [-0.2, -0.15) is 8.42 Å². The van der Waals surface area contributed by atoms with Gasteiger partial charge in [-0.1, -0.05) is 12.1 Å². The van der Waals surface area contributed by atoms with E-state index < -0.39 is 16.3 Å². The molecule has 1 aliphatic carbocycles. The summed E-state index contributed by atoms with van der Waals surface area (Å²) in [5, 5.41) is 9.30. The summed E-state index contributed by atoms with van der Waals surface area (Å²) in [6, 6.07) is 7.33. The Labute approximate surface area is 121 Å². The first-order valence-corrected chi connectivity index (χ1v) is 7.18. The Morgan fingerprint density at radius 2 is 2.00 bits per heavy atom. The van der Waals surface area contributed by atoms with Crippen LogP contribution in [0.5, 0.6) is 0 Å². The summed E-state index contributed by atoms with van der Waals surface area (Å²) in [6.45, 7) is 0. The maximum Gasteiger partial charge on any atom is 0.332 e. The Kier molecular flexibility index (Phi) is 3.19. The molecule has 0 bridgehead atoms. The zero-order valence-corrected chi connectivity index (χ0v) is 11.5. The first-order valence-electron chi connectivity index (χ1n) is 6.11. The number of para-hydroxylation sites is 2. The Balaban J connectivity index is 2.19. The van der Waals surface area contributed by atoms with Gasteiger partial charge >= 0.3 is 5.97 Å². The second kappa shape index (κ2) is 5.02. The van der Waals surface area contributed by atoms with E-state index in [1.54, 1.807) is 0 Å². The molecule has 0 amide bonds. The van der Waals surface area contributed by atoms with E-state index in [0.717, 1.165) is 11.0 Å². The lowest BCUT2D eigenvalue weighted by Crippen LogP contribution is -2.13. The highest BCUT2D eigenvalue weighted by Gasteiger charge is 2.22. The van der Waals surface area contributed by atoms with E-state index in [1.807, 2.05) is 24.3 Å². The number of rotatable bonds is 2. The number of imidazole rings is 1. The van der Waals surface area contributed by atoms with Crippen LogP contribution in [-0.2, 0) is 15.1 Å². The average Bonchev–Trinajstić information content (AvgIpc) is 2.90. The molecule has 2 N–H and O–H groups in total. The average molecular weight is 302 g/mol. The maximum absolute atomic E-state index is 11.4. The lowest BCUT2D eigenvalue weighted by molar-refractivity contribution is -0.132. The molecule has 2 aromatic rings. The summed E-state index contributed by atoms with van der Waals surface area (Å²) in [4.78, 5) is 18.8. The Bertz CT molecular complexity index is 907.